The van der Waals surface area contributed by atoms with Crippen molar-refractivity contribution in [3.8, 4) is 0 Å². The van der Waals surface area contributed by atoms with E-state index in [1.165, 1.54) is 5.69 Å². The second kappa shape index (κ2) is 6.19. The molecule has 2 rings (SSSR count). The van der Waals surface area contributed by atoms with Crippen molar-refractivity contribution >= 4 is 5.78 Å². The summed E-state index contributed by atoms with van der Waals surface area (Å²) in [5.41, 5.74) is 2.25. The molecule has 1 aromatic rings. The standard InChI is InChI=1S/C15H24N2O/c1-3-16(4-2)10-6-11-17-12-9-13-14(17)7-5-8-15(13)18/h9,12H,3-8,10-11H2,1-2H3. The number of hydrogen-bond acceptors (Lipinski definition) is 2. The lowest BCUT2D eigenvalue weighted by atomic mass is 9.97. The number of Topliss-reactive ketones (excluding diaryl/α,β-unsaturated/α-hetero) is 1. The Bertz CT molecular complexity index is 405. The Morgan fingerprint density at radius 2 is 2.06 bits per heavy atom. The van der Waals surface area contributed by atoms with Crippen molar-refractivity contribution < 1.29 is 4.79 Å². The van der Waals surface area contributed by atoms with Crippen LogP contribution in [-0.4, -0.2) is 34.9 Å². The van der Waals surface area contributed by atoms with Gasteiger partial charge in [-0.05, 0) is 45.0 Å². The number of ketones is 1. The number of rotatable bonds is 6. The van der Waals surface area contributed by atoms with E-state index in [0.717, 1.165) is 57.4 Å². The molecule has 3 nitrogen and oxygen atoms in total. The van der Waals surface area contributed by atoms with Crippen LogP contribution in [0, 0.1) is 0 Å². The van der Waals surface area contributed by atoms with Crippen molar-refractivity contribution in [1.29, 1.82) is 0 Å². The first-order chi connectivity index (χ1) is 8.76. The van der Waals surface area contributed by atoms with Gasteiger partial charge in [0.05, 0.1) is 0 Å². The van der Waals surface area contributed by atoms with Crippen LogP contribution in [0.1, 0.15) is 49.2 Å². The predicted molar refractivity (Wildman–Crippen MR) is 74.1 cm³/mol. The second-order valence-electron chi connectivity index (χ2n) is 5.03. The molecule has 0 radical (unpaired) electrons. The summed E-state index contributed by atoms with van der Waals surface area (Å²) in [6.07, 6.45) is 6.08. The lowest BCUT2D eigenvalue weighted by molar-refractivity contribution is 0.0971. The highest BCUT2D eigenvalue weighted by atomic mass is 16.1. The Hall–Kier alpha value is -1.09. The molecule has 3 heteroatoms. The minimum atomic E-state index is 0.332. The first-order valence-corrected chi connectivity index (χ1v) is 7.19. The van der Waals surface area contributed by atoms with Crippen LogP contribution in [-0.2, 0) is 13.0 Å². The van der Waals surface area contributed by atoms with Gasteiger partial charge in [0.2, 0.25) is 0 Å². The molecule has 0 aliphatic heterocycles. The third kappa shape index (κ3) is 2.83. The van der Waals surface area contributed by atoms with E-state index >= 15 is 0 Å². The van der Waals surface area contributed by atoms with Gasteiger partial charge in [-0.2, -0.15) is 0 Å². The summed E-state index contributed by atoms with van der Waals surface area (Å²) in [7, 11) is 0. The molecule has 0 N–H and O–H groups in total. The number of carbonyl (C=O) groups excluding carboxylic acids is 1. The fourth-order valence-corrected chi connectivity index (χ4v) is 2.80. The first kappa shape index (κ1) is 13.3. The molecule has 0 amide bonds. The maximum Gasteiger partial charge on any atom is 0.164 e. The number of aromatic nitrogens is 1. The van der Waals surface area contributed by atoms with Crippen LogP contribution in [0.4, 0.5) is 0 Å². The number of hydrogen-bond donors (Lipinski definition) is 0. The van der Waals surface area contributed by atoms with Crippen LogP contribution in [0.5, 0.6) is 0 Å². The van der Waals surface area contributed by atoms with E-state index in [2.05, 4.69) is 29.5 Å². The van der Waals surface area contributed by atoms with Gasteiger partial charge in [0.1, 0.15) is 0 Å². The smallest absolute Gasteiger partial charge is 0.164 e. The van der Waals surface area contributed by atoms with Crippen LogP contribution in [0.15, 0.2) is 12.3 Å². The van der Waals surface area contributed by atoms with Gasteiger partial charge >= 0.3 is 0 Å². The van der Waals surface area contributed by atoms with Gasteiger partial charge < -0.3 is 9.47 Å². The van der Waals surface area contributed by atoms with Gasteiger partial charge in [-0.3, -0.25) is 4.79 Å². The summed E-state index contributed by atoms with van der Waals surface area (Å²) in [5, 5.41) is 0. The number of nitrogens with zero attached hydrogens (tertiary/aromatic N) is 2. The molecule has 1 aromatic heterocycles. The van der Waals surface area contributed by atoms with Crippen molar-refractivity contribution in [1.82, 2.24) is 9.47 Å². The highest BCUT2D eigenvalue weighted by molar-refractivity contribution is 5.98. The summed E-state index contributed by atoms with van der Waals surface area (Å²) in [6.45, 7) is 8.85. The Kier molecular flexibility index (Phi) is 4.59. The van der Waals surface area contributed by atoms with Crippen LogP contribution >= 0.6 is 0 Å². The molecule has 0 fully saturated rings. The normalized spacial score (nSPS) is 15.2. The Balaban J connectivity index is 1.92. The third-order valence-corrected chi connectivity index (χ3v) is 3.96. The zero-order valence-electron chi connectivity index (χ0n) is 11.6. The number of aryl methyl sites for hydroxylation is 1. The molecule has 0 aromatic carbocycles. The summed E-state index contributed by atoms with van der Waals surface area (Å²) in [5.74, 6) is 0.332. The summed E-state index contributed by atoms with van der Waals surface area (Å²) in [6, 6.07) is 2.01. The van der Waals surface area contributed by atoms with Crippen LogP contribution in [0.3, 0.4) is 0 Å². The predicted octanol–water partition coefficient (Wildman–Crippen LogP) is 2.74. The van der Waals surface area contributed by atoms with E-state index in [1.54, 1.807) is 0 Å². The molecule has 0 saturated heterocycles. The SMILES string of the molecule is CCN(CC)CCCn1ccc2c1CCCC2=O. The lowest BCUT2D eigenvalue weighted by Gasteiger charge is -2.19. The molecule has 100 valence electrons. The van der Waals surface area contributed by atoms with Gasteiger partial charge in [-0.1, -0.05) is 13.8 Å². The highest BCUT2D eigenvalue weighted by Crippen LogP contribution is 2.22. The fraction of sp³-hybridized carbons (Fsp3) is 0.667. The zero-order chi connectivity index (χ0) is 13.0. The van der Waals surface area contributed by atoms with Gasteiger partial charge in [0.15, 0.2) is 5.78 Å². The average Bonchev–Trinajstić information content (AvgIpc) is 2.80. The van der Waals surface area contributed by atoms with Crippen molar-refractivity contribution in [2.45, 2.75) is 46.1 Å². The maximum absolute atomic E-state index is 11.8. The minimum Gasteiger partial charge on any atom is -0.351 e. The molecule has 1 heterocycles. The van der Waals surface area contributed by atoms with Crippen LogP contribution < -0.4 is 0 Å². The van der Waals surface area contributed by atoms with E-state index in [1.807, 2.05) is 6.07 Å². The number of carbonyl (C=O) groups is 1. The zero-order valence-corrected chi connectivity index (χ0v) is 11.6. The molecule has 0 atom stereocenters. The number of fused-ring (bicyclic) bond motifs is 1. The topological polar surface area (TPSA) is 25.2 Å². The Morgan fingerprint density at radius 1 is 1.28 bits per heavy atom. The van der Waals surface area contributed by atoms with Crippen molar-refractivity contribution in [3.63, 3.8) is 0 Å². The summed E-state index contributed by atoms with van der Waals surface area (Å²) in [4.78, 5) is 14.2. The first-order valence-electron chi connectivity index (χ1n) is 7.19. The molecule has 0 saturated carbocycles. The Morgan fingerprint density at radius 3 is 2.78 bits per heavy atom. The molecule has 1 aliphatic carbocycles. The van der Waals surface area contributed by atoms with Crippen LogP contribution in [0.25, 0.3) is 0 Å². The quantitative estimate of drug-likeness (QED) is 0.773. The van der Waals surface area contributed by atoms with Crippen molar-refractivity contribution in [3.05, 3.63) is 23.5 Å². The fourth-order valence-electron chi connectivity index (χ4n) is 2.80. The highest BCUT2D eigenvalue weighted by Gasteiger charge is 2.20. The van der Waals surface area contributed by atoms with Gasteiger partial charge in [0, 0.05) is 30.4 Å². The van der Waals surface area contributed by atoms with Crippen molar-refractivity contribution in [2.24, 2.45) is 0 Å². The van der Waals surface area contributed by atoms with Gasteiger partial charge in [-0.15, -0.1) is 0 Å². The Labute approximate surface area is 110 Å². The van der Waals surface area contributed by atoms with Crippen molar-refractivity contribution in [2.75, 3.05) is 19.6 Å². The maximum atomic E-state index is 11.8. The van der Waals surface area contributed by atoms with Gasteiger partial charge in [-0.25, -0.2) is 0 Å². The molecule has 0 bridgehead atoms. The molecular weight excluding hydrogens is 224 g/mol. The largest absolute Gasteiger partial charge is 0.351 e. The molecular formula is C15H24N2O. The molecule has 1 aliphatic rings. The van der Waals surface area contributed by atoms with E-state index in [-0.39, 0.29) is 0 Å². The molecule has 0 unspecified atom stereocenters. The van der Waals surface area contributed by atoms with E-state index in [0.29, 0.717) is 5.78 Å². The average molecular weight is 248 g/mol. The van der Waals surface area contributed by atoms with E-state index < -0.39 is 0 Å². The molecule has 0 spiro atoms. The summed E-state index contributed by atoms with van der Waals surface area (Å²) < 4.78 is 2.29. The minimum absolute atomic E-state index is 0.332. The second-order valence-corrected chi connectivity index (χ2v) is 5.03. The van der Waals surface area contributed by atoms with E-state index in [4.69, 9.17) is 0 Å². The monoisotopic (exact) mass is 248 g/mol. The third-order valence-electron chi connectivity index (χ3n) is 3.96. The molecule has 18 heavy (non-hydrogen) atoms. The summed E-state index contributed by atoms with van der Waals surface area (Å²) >= 11 is 0. The van der Waals surface area contributed by atoms with Gasteiger partial charge in [0.25, 0.3) is 0 Å². The lowest BCUT2D eigenvalue weighted by Crippen LogP contribution is -2.25. The van der Waals surface area contributed by atoms with Crippen LogP contribution in [0.2, 0.25) is 0 Å². The van der Waals surface area contributed by atoms with E-state index in [9.17, 15) is 4.79 Å².